The van der Waals surface area contributed by atoms with Crippen molar-refractivity contribution < 1.29 is 18.3 Å². The second kappa shape index (κ2) is 7.72. The van der Waals surface area contributed by atoms with Crippen LogP contribution in [0.2, 0.25) is 0 Å². The van der Waals surface area contributed by atoms with Crippen LogP contribution in [0.15, 0.2) is 69.4 Å². The SMILES string of the molecule is CCO/C(O)=C(/C#N)C1c2ccccc2S(=O)(=O)N1Cc1cccc(Br)c1. The highest BCUT2D eigenvalue weighted by Crippen LogP contribution is 2.44. The number of rotatable bonds is 5. The fourth-order valence-corrected chi connectivity index (χ4v) is 5.34. The molecule has 3 rings (SSSR count). The van der Waals surface area contributed by atoms with Crippen LogP contribution in [0.4, 0.5) is 0 Å². The molecule has 6 nitrogen and oxygen atoms in total. The van der Waals surface area contributed by atoms with Gasteiger partial charge in [-0.25, -0.2) is 8.42 Å². The minimum atomic E-state index is -3.84. The monoisotopic (exact) mass is 448 g/mol. The predicted molar refractivity (Wildman–Crippen MR) is 103 cm³/mol. The van der Waals surface area contributed by atoms with Gasteiger partial charge in [0.1, 0.15) is 11.6 Å². The number of nitrogens with zero attached hydrogens (tertiary/aromatic N) is 2. The van der Waals surface area contributed by atoms with Crippen LogP contribution < -0.4 is 0 Å². The second-order valence-electron chi connectivity index (χ2n) is 5.88. The van der Waals surface area contributed by atoms with Gasteiger partial charge in [0, 0.05) is 11.0 Å². The van der Waals surface area contributed by atoms with Gasteiger partial charge in [0.05, 0.1) is 17.5 Å². The molecule has 0 amide bonds. The smallest absolute Gasteiger partial charge is 0.293 e. The van der Waals surface area contributed by atoms with Gasteiger partial charge in [-0.1, -0.05) is 46.3 Å². The van der Waals surface area contributed by atoms with Crippen LogP contribution in [-0.4, -0.2) is 24.4 Å². The molecule has 0 radical (unpaired) electrons. The molecule has 2 aromatic carbocycles. The first-order valence-electron chi connectivity index (χ1n) is 8.21. The molecule has 0 saturated heterocycles. The number of fused-ring (bicyclic) bond motifs is 1. The van der Waals surface area contributed by atoms with Crippen LogP contribution >= 0.6 is 15.9 Å². The molecule has 2 aromatic rings. The van der Waals surface area contributed by atoms with Crippen LogP contribution in [0.3, 0.4) is 0 Å². The van der Waals surface area contributed by atoms with Crippen molar-refractivity contribution in [1.82, 2.24) is 4.31 Å². The lowest BCUT2D eigenvalue weighted by Crippen LogP contribution is -2.29. The van der Waals surface area contributed by atoms with E-state index in [1.165, 1.54) is 10.4 Å². The Kier molecular flexibility index (Phi) is 5.56. The van der Waals surface area contributed by atoms with E-state index in [0.717, 1.165) is 10.0 Å². The standard InChI is InChI=1S/C19H17BrN2O4S/c1-2-26-19(23)16(11-21)18-15-8-3-4-9-17(15)27(24,25)22(18)12-13-6-5-7-14(20)10-13/h3-10,18,23H,2,12H2,1H3/b19-16-. The highest BCUT2D eigenvalue weighted by atomic mass is 79.9. The molecule has 1 aliphatic rings. The zero-order valence-electron chi connectivity index (χ0n) is 14.5. The van der Waals surface area contributed by atoms with Crippen molar-refractivity contribution in [3.63, 3.8) is 0 Å². The largest absolute Gasteiger partial charge is 0.480 e. The number of sulfonamides is 1. The third-order valence-electron chi connectivity index (χ3n) is 4.22. The summed E-state index contributed by atoms with van der Waals surface area (Å²) in [5, 5.41) is 19.8. The van der Waals surface area contributed by atoms with Crippen molar-refractivity contribution in [3.8, 4) is 6.07 Å². The summed E-state index contributed by atoms with van der Waals surface area (Å²) < 4.78 is 33.4. The van der Waals surface area contributed by atoms with Gasteiger partial charge < -0.3 is 9.84 Å². The average molecular weight is 449 g/mol. The zero-order valence-corrected chi connectivity index (χ0v) is 16.9. The van der Waals surface area contributed by atoms with Crippen LogP contribution in [0.25, 0.3) is 0 Å². The number of hydrogen-bond acceptors (Lipinski definition) is 5. The first-order valence-corrected chi connectivity index (χ1v) is 10.4. The number of benzene rings is 2. The lowest BCUT2D eigenvalue weighted by Gasteiger charge is -2.23. The third-order valence-corrected chi connectivity index (χ3v) is 6.60. The highest BCUT2D eigenvalue weighted by molar-refractivity contribution is 9.10. The summed E-state index contributed by atoms with van der Waals surface area (Å²) in [6, 6.07) is 14.7. The Balaban J connectivity index is 2.17. The summed E-state index contributed by atoms with van der Waals surface area (Å²) in [6.07, 6.45) is 0. The average Bonchev–Trinajstić information content (AvgIpc) is 2.85. The molecule has 1 aliphatic heterocycles. The molecule has 0 aliphatic carbocycles. The summed E-state index contributed by atoms with van der Waals surface area (Å²) in [6.45, 7) is 1.87. The molecule has 1 N–H and O–H groups in total. The van der Waals surface area contributed by atoms with Gasteiger partial charge in [0.25, 0.3) is 5.95 Å². The Morgan fingerprint density at radius 2 is 2.04 bits per heavy atom. The first-order chi connectivity index (χ1) is 12.9. The van der Waals surface area contributed by atoms with E-state index in [2.05, 4.69) is 15.9 Å². The van der Waals surface area contributed by atoms with Crippen molar-refractivity contribution in [2.45, 2.75) is 24.4 Å². The minimum Gasteiger partial charge on any atom is -0.480 e. The van der Waals surface area contributed by atoms with Crippen molar-refractivity contribution >= 4 is 26.0 Å². The second-order valence-corrected chi connectivity index (χ2v) is 8.66. The summed E-state index contributed by atoms with van der Waals surface area (Å²) in [4.78, 5) is 0.127. The Morgan fingerprint density at radius 1 is 1.30 bits per heavy atom. The Morgan fingerprint density at radius 3 is 2.70 bits per heavy atom. The number of nitriles is 1. The lowest BCUT2D eigenvalue weighted by molar-refractivity contribution is 0.0952. The van der Waals surface area contributed by atoms with E-state index in [1.807, 2.05) is 24.3 Å². The van der Waals surface area contributed by atoms with E-state index in [0.29, 0.717) is 5.56 Å². The first kappa shape index (κ1) is 19.4. The lowest BCUT2D eigenvalue weighted by atomic mass is 9.99. The minimum absolute atomic E-state index is 0.0473. The van der Waals surface area contributed by atoms with Crippen LogP contribution in [-0.2, 0) is 21.3 Å². The molecule has 1 heterocycles. The fraction of sp³-hybridized carbons (Fsp3) is 0.211. The number of aliphatic hydroxyl groups excluding tert-OH is 1. The number of aliphatic hydroxyl groups is 1. The van der Waals surface area contributed by atoms with Crippen molar-refractivity contribution in [1.29, 1.82) is 5.26 Å². The molecule has 0 spiro atoms. The molecule has 8 heteroatoms. The molecule has 1 atom stereocenters. The van der Waals surface area contributed by atoms with Gasteiger partial charge in [-0.05, 0) is 36.2 Å². The van der Waals surface area contributed by atoms with Gasteiger partial charge in [-0.3, -0.25) is 0 Å². The topological polar surface area (TPSA) is 90.6 Å². The third kappa shape index (κ3) is 3.58. The maximum Gasteiger partial charge on any atom is 0.293 e. The molecule has 0 saturated carbocycles. The number of hydrogen-bond donors (Lipinski definition) is 1. The van der Waals surface area contributed by atoms with E-state index in [-0.39, 0.29) is 23.6 Å². The normalized spacial score (nSPS) is 19.1. The fourth-order valence-electron chi connectivity index (χ4n) is 3.09. The number of halogens is 1. The maximum absolute atomic E-state index is 13.1. The van der Waals surface area contributed by atoms with Crippen molar-refractivity contribution in [2.24, 2.45) is 0 Å². The van der Waals surface area contributed by atoms with E-state index < -0.39 is 22.0 Å². The van der Waals surface area contributed by atoms with Gasteiger partial charge in [0.15, 0.2) is 0 Å². The summed E-state index contributed by atoms with van der Waals surface area (Å²) in [5.74, 6) is -0.559. The molecule has 1 unspecified atom stereocenters. The van der Waals surface area contributed by atoms with Crippen molar-refractivity contribution in [3.05, 3.63) is 75.6 Å². The Hall–Kier alpha value is -2.34. The van der Waals surface area contributed by atoms with Gasteiger partial charge in [-0.15, -0.1) is 0 Å². The summed E-state index contributed by atoms with van der Waals surface area (Å²) in [7, 11) is -3.84. The van der Waals surface area contributed by atoms with Crippen LogP contribution in [0, 0.1) is 11.3 Å². The Bertz CT molecular complexity index is 1040. The molecular weight excluding hydrogens is 432 g/mol. The molecule has 140 valence electrons. The van der Waals surface area contributed by atoms with Gasteiger partial charge in [0.2, 0.25) is 10.0 Å². The van der Waals surface area contributed by atoms with Crippen LogP contribution in [0.5, 0.6) is 0 Å². The molecule has 0 fully saturated rings. The highest BCUT2D eigenvalue weighted by Gasteiger charge is 2.45. The molecule has 0 aromatic heterocycles. The van der Waals surface area contributed by atoms with E-state index >= 15 is 0 Å². The van der Waals surface area contributed by atoms with Gasteiger partial charge >= 0.3 is 0 Å². The number of ether oxygens (including phenoxy) is 1. The summed E-state index contributed by atoms with van der Waals surface area (Å²) >= 11 is 3.38. The van der Waals surface area contributed by atoms with Crippen LogP contribution in [0.1, 0.15) is 24.1 Å². The maximum atomic E-state index is 13.1. The predicted octanol–water partition coefficient (Wildman–Crippen LogP) is 4.02. The molecule has 27 heavy (non-hydrogen) atoms. The quantitative estimate of drug-likeness (QED) is 0.550. The van der Waals surface area contributed by atoms with E-state index in [4.69, 9.17) is 4.74 Å². The Labute approximate surface area is 166 Å². The molecule has 0 bridgehead atoms. The summed E-state index contributed by atoms with van der Waals surface area (Å²) in [5.41, 5.74) is 1.05. The zero-order chi connectivity index (χ0) is 19.6. The molecular formula is C19H17BrN2O4S. The van der Waals surface area contributed by atoms with Crippen molar-refractivity contribution in [2.75, 3.05) is 6.61 Å². The van der Waals surface area contributed by atoms with E-state index in [9.17, 15) is 18.8 Å². The van der Waals surface area contributed by atoms with E-state index in [1.54, 1.807) is 31.2 Å². The van der Waals surface area contributed by atoms with Gasteiger partial charge in [-0.2, -0.15) is 9.57 Å².